The van der Waals surface area contributed by atoms with Crippen LogP contribution in [-0.4, -0.2) is 17.0 Å². The Bertz CT molecular complexity index is 596. The first-order chi connectivity index (χ1) is 10.1. The summed E-state index contributed by atoms with van der Waals surface area (Å²) in [4.78, 5) is 23.3. The lowest BCUT2D eigenvalue weighted by Gasteiger charge is -2.15. The van der Waals surface area contributed by atoms with Crippen LogP contribution >= 0.6 is 0 Å². The fourth-order valence-corrected chi connectivity index (χ4v) is 2.13. The summed E-state index contributed by atoms with van der Waals surface area (Å²) in [7, 11) is 0. The Morgan fingerprint density at radius 2 is 1.52 bits per heavy atom. The van der Waals surface area contributed by atoms with Gasteiger partial charge in [-0.15, -0.1) is 0 Å². The second kappa shape index (κ2) is 7.24. The summed E-state index contributed by atoms with van der Waals surface area (Å²) in [5, 5.41) is 11.8. The molecule has 108 valence electrons. The minimum absolute atomic E-state index is 0.187. The molecular formula is C17H17NO3. The standard InChI is InChI=1S/C17H17NO3/c19-16(20)12-14(11-13-7-3-1-4-8-13)17(21)18-15-9-5-2-6-10-15/h1-10,14H,11-12H2,(H,18,21)(H,19,20)/t14-/m1/s1. The van der Waals surface area contributed by atoms with Crippen LogP contribution in [0.5, 0.6) is 0 Å². The van der Waals surface area contributed by atoms with Crippen LogP contribution in [0.4, 0.5) is 5.69 Å². The summed E-state index contributed by atoms with van der Waals surface area (Å²) in [6.07, 6.45) is 0.222. The highest BCUT2D eigenvalue weighted by Gasteiger charge is 2.22. The second-order valence-corrected chi connectivity index (χ2v) is 4.84. The van der Waals surface area contributed by atoms with Crippen LogP contribution in [0.15, 0.2) is 60.7 Å². The van der Waals surface area contributed by atoms with Gasteiger partial charge < -0.3 is 10.4 Å². The van der Waals surface area contributed by atoms with Crippen molar-refractivity contribution in [2.75, 3.05) is 5.32 Å². The molecule has 2 aromatic rings. The molecule has 21 heavy (non-hydrogen) atoms. The third kappa shape index (κ3) is 4.76. The fourth-order valence-electron chi connectivity index (χ4n) is 2.13. The van der Waals surface area contributed by atoms with Gasteiger partial charge in [0.2, 0.25) is 5.91 Å². The van der Waals surface area contributed by atoms with Crippen molar-refractivity contribution >= 4 is 17.6 Å². The van der Waals surface area contributed by atoms with Gasteiger partial charge in [0, 0.05) is 5.69 Å². The number of para-hydroxylation sites is 1. The number of carboxylic acids is 1. The van der Waals surface area contributed by atoms with Crippen LogP contribution in [0.1, 0.15) is 12.0 Å². The van der Waals surface area contributed by atoms with Crippen LogP contribution in [0, 0.1) is 5.92 Å². The quantitative estimate of drug-likeness (QED) is 0.856. The van der Waals surface area contributed by atoms with Crippen molar-refractivity contribution in [2.45, 2.75) is 12.8 Å². The van der Waals surface area contributed by atoms with Crippen molar-refractivity contribution in [2.24, 2.45) is 5.92 Å². The molecule has 0 fully saturated rings. The topological polar surface area (TPSA) is 66.4 Å². The number of carboxylic acid groups (broad SMARTS) is 1. The molecule has 0 saturated heterocycles. The summed E-state index contributed by atoms with van der Waals surface area (Å²) < 4.78 is 0. The Hall–Kier alpha value is -2.62. The Morgan fingerprint density at radius 1 is 0.952 bits per heavy atom. The molecule has 2 N–H and O–H groups in total. The van der Waals surface area contributed by atoms with Crippen LogP contribution in [-0.2, 0) is 16.0 Å². The van der Waals surface area contributed by atoms with Gasteiger partial charge in [0.05, 0.1) is 12.3 Å². The fraction of sp³-hybridized carbons (Fsp3) is 0.176. The van der Waals surface area contributed by atoms with Gasteiger partial charge in [-0.05, 0) is 24.1 Å². The number of nitrogens with one attached hydrogen (secondary N) is 1. The van der Waals surface area contributed by atoms with Crippen molar-refractivity contribution in [1.82, 2.24) is 0 Å². The molecule has 4 heteroatoms. The number of hydrogen-bond donors (Lipinski definition) is 2. The molecule has 4 nitrogen and oxygen atoms in total. The monoisotopic (exact) mass is 283 g/mol. The van der Waals surface area contributed by atoms with Gasteiger partial charge in [0.15, 0.2) is 0 Å². The summed E-state index contributed by atoms with van der Waals surface area (Å²) in [6.45, 7) is 0. The zero-order valence-corrected chi connectivity index (χ0v) is 11.5. The predicted molar refractivity (Wildman–Crippen MR) is 81.0 cm³/mol. The molecule has 1 atom stereocenters. The van der Waals surface area contributed by atoms with E-state index in [9.17, 15) is 9.59 Å². The van der Waals surface area contributed by atoms with Gasteiger partial charge in [-0.1, -0.05) is 48.5 Å². The first-order valence-electron chi connectivity index (χ1n) is 6.77. The Labute approximate surface area is 123 Å². The minimum Gasteiger partial charge on any atom is -0.481 e. The Morgan fingerprint density at radius 3 is 2.10 bits per heavy atom. The molecule has 0 aliphatic carbocycles. The molecule has 2 aromatic carbocycles. The predicted octanol–water partition coefficient (Wildman–Crippen LogP) is 2.96. The highest BCUT2D eigenvalue weighted by molar-refractivity contribution is 5.94. The SMILES string of the molecule is O=C(O)C[C@@H](Cc1ccccc1)C(=O)Nc1ccccc1. The molecule has 1 amide bonds. The van der Waals surface area contributed by atoms with Crippen LogP contribution in [0.3, 0.4) is 0 Å². The molecule has 0 aliphatic heterocycles. The van der Waals surface area contributed by atoms with Gasteiger partial charge >= 0.3 is 5.97 Å². The van der Waals surface area contributed by atoms with Crippen molar-refractivity contribution in [3.8, 4) is 0 Å². The average molecular weight is 283 g/mol. The van der Waals surface area contributed by atoms with Gasteiger partial charge in [-0.3, -0.25) is 9.59 Å². The highest BCUT2D eigenvalue weighted by atomic mass is 16.4. The van der Waals surface area contributed by atoms with Crippen LogP contribution < -0.4 is 5.32 Å². The zero-order chi connectivity index (χ0) is 15.1. The summed E-state index contributed by atoms with van der Waals surface area (Å²) in [5.74, 6) is -1.84. The number of hydrogen-bond acceptors (Lipinski definition) is 2. The molecule has 0 bridgehead atoms. The van der Waals surface area contributed by atoms with E-state index in [-0.39, 0.29) is 12.3 Å². The number of amides is 1. The maximum Gasteiger partial charge on any atom is 0.304 e. The number of carbonyl (C=O) groups excluding carboxylic acids is 1. The van der Waals surface area contributed by atoms with E-state index in [2.05, 4.69) is 5.32 Å². The largest absolute Gasteiger partial charge is 0.481 e. The van der Waals surface area contributed by atoms with E-state index in [1.54, 1.807) is 12.1 Å². The Balaban J connectivity index is 2.08. The summed E-state index contributed by atoms with van der Waals surface area (Å²) in [6, 6.07) is 18.5. The molecule has 0 spiro atoms. The van der Waals surface area contributed by atoms with E-state index in [4.69, 9.17) is 5.11 Å². The number of benzene rings is 2. The molecule has 0 unspecified atom stereocenters. The van der Waals surface area contributed by atoms with E-state index in [0.29, 0.717) is 12.1 Å². The van der Waals surface area contributed by atoms with Crippen molar-refractivity contribution in [3.63, 3.8) is 0 Å². The first kappa shape index (κ1) is 14.8. The number of rotatable bonds is 6. The lowest BCUT2D eigenvalue weighted by molar-refractivity contribution is -0.140. The first-order valence-corrected chi connectivity index (χ1v) is 6.77. The normalized spacial score (nSPS) is 11.6. The van der Waals surface area contributed by atoms with Gasteiger partial charge in [0.1, 0.15) is 0 Å². The third-order valence-electron chi connectivity index (χ3n) is 3.16. The van der Waals surface area contributed by atoms with Crippen molar-refractivity contribution in [3.05, 3.63) is 66.2 Å². The van der Waals surface area contributed by atoms with Crippen molar-refractivity contribution < 1.29 is 14.7 Å². The number of anilines is 1. The van der Waals surface area contributed by atoms with Gasteiger partial charge in [0.25, 0.3) is 0 Å². The highest BCUT2D eigenvalue weighted by Crippen LogP contribution is 2.16. The lowest BCUT2D eigenvalue weighted by atomic mass is 9.95. The second-order valence-electron chi connectivity index (χ2n) is 4.84. The maximum atomic E-state index is 12.3. The van der Waals surface area contributed by atoms with Gasteiger partial charge in [-0.25, -0.2) is 0 Å². The van der Waals surface area contributed by atoms with E-state index in [1.165, 1.54) is 0 Å². The van der Waals surface area contributed by atoms with E-state index >= 15 is 0 Å². The summed E-state index contributed by atoms with van der Waals surface area (Å²) in [5.41, 5.74) is 1.62. The van der Waals surface area contributed by atoms with Crippen molar-refractivity contribution in [1.29, 1.82) is 0 Å². The maximum absolute atomic E-state index is 12.3. The van der Waals surface area contributed by atoms with E-state index in [0.717, 1.165) is 5.56 Å². The average Bonchev–Trinajstić information content (AvgIpc) is 2.48. The Kier molecular flexibility index (Phi) is 5.10. The molecule has 0 heterocycles. The summed E-state index contributed by atoms with van der Waals surface area (Å²) >= 11 is 0. The number of carbonyl (C=O) groups is 2. The molecular weight excluding hydrogens is 266 g/mol. The van der Waals surface area contributed by atoms with E-state index < -0.39 is 11.9 Å². The molecule has 0 radical (unpaired) electrons. The van der Waals surface area contributed by atoms with Gasteiger partial charge in [-0.2, -0.15) is 0 Å². The van der Waals surface area contributed by atoms with Crippen LogP contribution in [0.25, 0.3) is 0 Å². The van der Waals surface area contributed by atoms with E-state index in [1.807, 2.05) is 48.5 Å². The minimum atomic E-state index is -0.973. The molecule has 0 aromatic heterocycles. The zero-order valence-electron chi connectivity index (χ0n) is 11.5. The smallest absolute Gasteiger partial charge is 0.304 e. The molecule has 0 saturated carbocycles. The number of aliphatic carboxylic acids is 1. The lowest BCUT2D eigenvalue weighted by Crippen LogP contribution is -2.27. The van der Waals surface area contributed by atoms with Crippen LogP contribution in [0.2, 0.25) is 0 Å². The third-order valence-corrected chi connectivity index (χ3v) is 3.16. The molecule has 2 rings (SSSR count). The molecule has 0 aliphatic rings.